The molecular weight excluding hydrogens is 240 g/mol. The van der Waals surface area contributed by atoms with Gasteiger partial charge in [-0.3, -0.25) is 0 Å². The molecule has 0 amide bonds. The summed E-state index contributed by atoms with van der Waals surface area (Å²) in [6.07, 6.45) is 1.51. The van der Waals surface area contributed by atoms with Crippen LogP contribution in [0.15, 0.2) is 12.1 Å². The molecule has 0 aliphatic carbocycles. The number of nitrogens with one attached hydrogen (secondary N) is 1. The Bertz CT molecular complexity index is 515. The van der Waals surface area contributed by atoms with Crippen LogP contribution in [0.4, 0.5) is 17.3 Å². The molecule has 0 radical (unpaired) electrons. The van der Waals surface area contributed by atoms with Gasteiger partial charge in [0.2, 0.25) is 0 Å². The molecule has 0 saturated carbocycles. The maximum atomic E-state index is 11.5. The molecule has 94 valence electrons. The molecule has 1 aromatic heterocycles. The molecule has 6 nitrogen and oxygen atoms in total. The Labute approximate surface area is 100 Å². The van der Waals surface area contributed by atoms with E-state index in [2.05, 4.69) is 10.3 Å². The number of sulfone groups is 1. The summed E-state index contributed by atoms with van der Waals surface area (Å²) in [5.74, 6) is 1.26. The van der Waals surface area contributed by atoms with Gasteiger partial charge in [0.1, 0.15) is 11.6 Å². The van der Waals surface area contributed by atoms with E-state index >= 15 is 0 Å². The minimum Gasteiger partial charge on any atom is -0.396 e. The molecule has 1 fully saturated rings. The van der Waals surface area contributed by atoms with Crippen molar-refractivity contribution in [2.24, 2.45) is 0 Å². The molecule has 2 rings (SSSR count). The molecule has 17 heavy (non-hydrogen) atoms. The maximum Gasteiger partial charge on any atom is 0.152 e. The highest BCUT2D eigenvalue weighted by Gasteiger charge is 2.24. The van der Waals surface area contributed by atoms with Crippen molar-refractivity contribution < 1.29 is 8.42 Å². The monoisotopic (exact) mass is 256 g/mol. The van der Waals surface area contributed by atoms with Crippen LogP contribution in [0.5, 0.6) is 0 Å². The molecule has 0 bridgehead atoms. The van der Waals surface area contributed by atoms with Gasteiger partial charge in [0.15, 0.2) is 9.84 Å². The van der Waals surface area contributed by atoms with Crippen LogP contribution >= 0.6 is 0 Å². The zero-order valence-corrected chi connectivity index (χ0v) is 10.2. The zero-order chi connectivity index (χ0) is 12.5. The molecule has 5 N–H and O–H groups in total. The van der Waals surface area contributed by atoms with Crippen LogP contribution in [0.2, 0.25) is 0 Å². The van der Waals surface area contributed by atoms with Crippen LogP contribution in [-0.2, 0) is 9.84 Å². The van der Waals surface area contributed by atoms with Crippen molar-refractivity contribution in [3.8, 4) is 0 Å². The quantitative estimate of drug-likeness (QED) is 0.698. The SMILES string of the molecule is Nc1ccc(NC2CCCS(=O)(=O)C2)nc1N. The lowest BCUT2D eigenvalue weighted by Crippen LogP contribution is -2.35. The molecule has 1 atom stereocenters. The summed E-state index contributed by atoms with van der Waals surface area (Å²) in [4.78, 5) is 4.06. The highest BCUT2D eigenvalue weighted by atomic mass is 32.2. The van der Waals surface area contributed by atoms with Gasteiger partial charge in [0.25, 0.3) is 0 Å². The number of pyridine rings is 1. The normalized spacial score (nSPS) is 23.2. The third-order valence-electron chi connectivity index (χ3n) is 2.77. The van der Waals surface area contributed by atoms with Crippen LogP contribution in [0.1, 0.15) is 12.8 Å². The second kappa shape index (κ2) is 4.40. The Morgan fingerprint density at radius 3 is 2.76 bits per heavy atom. The summed E-state index contributed by atoms with van der Waals surface area (Å²) in [7, 11) is -2.92. The van der Waals surface area contributed by atoms with Gasteiger partial charge in [0, 0.05) is 6.04 Å². The van der Waals surface area contributed by atoms with E-state index in [0.29, 0.717) is 17.9 Å². The molecule has 1 aliphatic heterocycles. The number of anilines is 3. The first-order chi connectivity index (χ1) is 7.96. The lowest BCUT2D eigenvalue weighted by Gasteiger charge is -2.23. The van der Waals surface area contributed by atoms with E-state index in [1.807, 2.05) is 0 Å². The third-order valence-corrected chi connectivity index (χ3v) is 4.59. The minimum atomic E-state index is -2.92. The summed E-state index contributed by atoms with van der Waals surface area (Å²) in [5, 5.41) is 3.08. The minimum absolute atomic E-state index is 0.0933. The maximum absolute atomic E-state index is 11.5. The van der Waals surface area contributed by atoms with E-state index in [4.69, 9.17) is 11.5 Å². The van der Waals surface area contributed by atoms with Crippen LogP contribution in [-0.4, -0.2) is 30.9 Å². The fraction of sp³-hybridized carbons (Fsp3) is 0.500. The Balaban J connectivity index is 2.08. The molecule has 0 aromatic carbocycles. The fourth-order valence-corrected chi connectivity index (χ4v) is 3.55. The van der Waals surface area contributed by atoms with Crippen molar-refractivity contribution in [3.63, 3.8) is 0 Å². The molecule has 1 aromatic rings. The van der Waals surface area contributed by atoms with E-state index < -0.39 is 9.84 Å². The predicted molar refractivity (Wildman–Crippen MR) is 68.4 cm³/mol. The van der Waals surface area contributed by atoms with E-state index in [0.717, 1.165) is 6.42 Å². The number of nitrogens with zero attached hydrogens (tertiary/aromatic N) is 1. The summed E-state index contributed by atoms with van der Waals surface area (Å²) < 4.78 is 22.9. The first-order valence-corrected chi connectivity index (χ1v) is 7.27. The number of aromatic nitrogens is 1. The van der Waals surface area contributed by atoms with Gasteiger partial charge in [-0.2, -0.15) is 0 Å². The van der Waals surface area contributed by atoms with E-state index in [1.54, 1.807) is 12.1 Å². The molecule has 1 aliphatic rings. The number of nitrogen functional groups attached to an aromatic ring is 2. The van der Waals surface area contributed by atoms with E-state index in [1.165, 1.54) is 0 Å². The Morgan fingerprint density at radius 1 is 1.35 bits per heavy atom. The van der Waals surface area contributed by atoms with Gasteiger partial charge in [0.05, 0.1) is 17.2 Å². The number of hydrogen-bond donors (Lipinski definition) is 3. The molecule has 1 unspecified atom stereocenters. The smallest absolute Gasteiger partial charge is 0.152 e. The lowest BCUT2D eigenvalue weighted by atomic mass is 10.2. The van der Waals surface area contributed by atoms with Crippen molar-refractivity contribution in [1.82, 2.24) is 4.98 Å². The lowest BCUT2D eigenvalue weighted by molar-refractivity contribution is 0.561. The summed E-state index contributed by atoms with van der Waals surface area (Å²) in [6, 6.07) is 3.26. The fourth-order valence-electron chi connectivity index (χ4n) is 1.91. The summed E-state index contributed by atoms with van der Waals surface area (Å²) in [5.41, 5.74) is 11.6. The van der Waals surface area contributed by atoms with Gasteiger partial charge >= 0.3 is 0 Å². The second-order valence-corrected chi connectivity index (χ2v) is 6.50. The van der Waals surface area contributed by atoms with Crippen molar-refractivity contribution in [1.29, 1.82) is 0 Å². The van der Waals surface area contributed by atoms with Crippen LogP contribution in [0, 0.1) is 0 Å². The average molecular weight is 256 g/mol. The van der Waals surface area contributed by atoms with Crippen molar-refractivity contribution >= 4 is 27.2 Å². The second-order valence-electron chi connectivity index (χ2n) is 4.27. The molecule has 2 heterocycles. The third kappa shape index (κ3) is 3.00. The van der Waals surface area contributed by atoms with Crippen LogP contribution in [0.25, 0.3) is 0 Å². The van der Waals surface area contributed by atoms with Gasteiger partial charge in [-0.25, -0.2) is 13.4 Å². The van der Waals surface area contributed by atoms with Crippen molar-refractivity contribution in [2.45, 2.75) is 18.9 Å². The first-order valence-electron chi connectivity index (χ1n) is 5.45. The Morgan fingerprint density at radius 2 is 2.12 bits per heavy atom. The van der Waals surface area contributed by atoms with E-state index in [-0.39, 0.29) is 23.4 Å². The highest BCUT2D eigenvalue weighted by Crippen LogP contribution is 2.19. The van der Waals surface area contributed by atoms with Gasteiger partial charge < -0.3 is 16.8 Å². The standard InChI is InChI=1S/C10H16N4O2S/c11-8-3-4-9(14-10(8)12)13-7-2-1-5-17(15,16)6-7/h3-4,7H,1-2,5-6,11H2,(H3,12,13,14). The molecular formula is C10H16N4O2S. The average Bonchev–Trinajstić information content (AvgIpc) is 2.22. The highest BCUT2D eigenvalue weighted by molar-refractivity contribution is 7.91. The topological polar surface area (TPSA) is 111 Å². The van der Waals surface area contributed by atoms with Gasteiger partial charge in [-0.05, 0) is 25.0 Å². The summed E-state index contributed by atoms with van der Waals surface area (Å²) in [6.45, 7) is 0. The van der Waals surface area contributed by atoms with Gasteiger partial charge in [-0.1, -0.05) is 0 Å². The van der Waals surface area contributed by atoms with Crippen molar-refractivity contribution in [2.75, 3.05) is 28.3 Å². The number of nitrogens with two attached hydrogens (primary N) is 2. The van der Waals surface area contributed by atoms with E-state index in [9.17, 15) is 8.42 Å². The first kappa shape index (κ1) is 12.0. The van der Waals surface area contributed by atoms with Crippen LogP contribution < -0.4 is 16.8 Å². The molecule has 7 heteroatoms. The largest absolute Gasteiger partial charge is 0.396 e. The Hall–Kier alpha value is -1.50. The number of hydrogen-bond acceptors (Lipinski definition) is 6. The molecule has 0 spiro atoms. The van der Waals surface area contributed by atoms with Crippen LogP contribution in [0.3, 0.4) is 0 Å². The number of rotatable bonds is 2. The van der Waals surface area contributed by atoms with Gasteiger partial charge in [-0.15, -0.1) is 0 Å². The predicted octanol–water partition coefficient (Wildman–Crippen LogP) is 0.235. The van der Waals surface area contributed by atoms with Crippen molar-refractivity contribution in [3.05, 3.63) is 12.1 Å². The Kier molecular flexibility index (Phi) is 3.10. The summed E-state index contributed by atoms with van der Waals surface area (Å²) >= 11 is 0. The molecule has 1 saturated heterocycles. The zero-order valence-electron chi connectivity index (χ0n) is 9.39.